The highest BCUT2D eigenvalue weighted by Crippen LogP contribution is 2.20. The van der Waals surface area contributed by atoms with Crippen molar-refractivity contribution in [1.82, 2.24) is 9.97 Å². The van der Waals surface area contributed by atoms with Crippen molar-refractivity contribution in [2.75, 3.05) is 17.2 Å². The van der Waals surface area contributed by atoms with E-state index >= 15 is 0 Å². The summed E-state index contributed by atoms with van der Waals surface area (Å²) in [4.78, 5) is 20.4. The fraction of sp³-hybridized carbons (Fsp3) is 0.267. The SMILES string of the molecule is CCCCNc1nccc(C(=O)Nc2ccccc2Cl)n1. The lowest BCUT2D eigenvalue weighted by Gasteiger charge is -2.08. The third-order valence-electron chi connectivity index (χ3n) is 2.82. The van der Waals surface area contributed by atoms with Crippen LogP contribution in [0.2, 0.25) is 5.02 Å². The van der Waals surface area contributed by atoms with Crippen LogP contribution in [0.4, 0.5) is 11.6 Å². The molecule has 0 unspecified atom stereocenters. The second-order valence-corrected chi connectivity index (χ2v) is 4.89. The lowest BCUT2D eigenvalue weighted by molar-refractivity contribution is 0.102. The first-order valence-electron chi connectivity index (χ1n) is 6.83. The van der Waals surface area contributed by atoms with Crippen molar-refractivity contribution in [3.63, 3.8) is 0 Å². The molecule has 110 valence electrons. The van der Waals surface area contributed by atoms with Gasteiger partial charge in [0.25, 0.3) is 5.91 Å². The van der Waals surface area contributed by atoms with E-state index in [2.05, 4.69) is 27.5 Å². The number of hydrogen-bond donors (Lipinski definition) is 2. The number of para-hydroxylation sites is 1. The van der Waals surface area contributed by atoms with E-state index in [-0.39, 0.29) is 5.91 Å². The summed E-state index contributed by atoms with van der Waals surface area (Å²) < 4.78 is 0. The topological polar surface area (TPSA) is 66.9 Å². The van der Waals surface area contributed by atoms with E-state index in [0.29, 0.717) is 22.4 Å². The predicted octanol–water partition coefficient (Wildman–Crippen LogP) is 3.59. The van der Waals surface area contributed by atoms with Crippen LogP contribution in [0.1, 0.15) is 30.3 Å². The Kier molecular flexibility index (Phi) is 5.51. The molecule has 1 aromatic heterocycles. The second kappa shape index (κ2) is 7.59. The molecule has 2 aromatic rings. The van der Waals surface area contributed by atoms with Crippen molar-refractivity contribution in [3.8, 4) is 0 Å². The van der Waals surface area contributed by atoms with Crippen LogP contribution >= 0.6 is 11.6 Å². The normalized spacial score (nSPS) is 10.2. The Balaban J connectivity index is 2.05. The summed E-state index contributed by atoms with van der Waals surface area (Å²) in [5, 5.41) is 6.31. The smallest absolute Gasteiger partial charge is 0.274 e. The zero-order valence-corrected chi connectivity index (χ0v) is 12.5. The lowest BCUT2D eigenvalue weighted by atomic mass is 10.3. The Labute approximate surface area is 128 Å². The van der Waals surface area contributed by atoms with E-state index < -0.39 is 0 Å². The van der Waals surface area contributed by atoms with Crippen LogP contribution in [0.15, 0.2) is 36.5 Å². The summed E-state index contributed by atoms with van der Waals surface area (Å²) in [5.74, 6) is 0.138. The fourth-order valence-electron chi connectivity index (χ4n) is 1.70. The monoisotopic (exact) mass is 304 g/mol. The van der Waals surface area contributed by atoms with Gasteiger partial charge < -0.3 is 10.6 Å². The molecule has 2 rings (SSSR count). The summed E-state index contributed by atoms with van der Waals surface area (Å²) in [5.41, 5.74) is 0.854. The van der Waals surface area contributed by atoms with E-state index in [4.69, 9.17) is 11.6 Å². The Bertz CT molecular complexity index is 618. The minimum absolute atomic E-state index is 0.295. The van der Waals surface area contributed by atoms with E-state index in [1.165, 1.54) is 0 Å². The van der Waals surface area contributed by atoms with Gasteiger partial charge in [0.15, 0.2) is 0 Å². The van der Waals surface area contributed by atoms with Crippen LogP contribution in [-0.2, 0) is 0 Å². The van der Waals surface area contributed by atoms with Gasteiger partial charge in [0, 0.05) is 12.7 Å². The van der Waals surface area contributed by atoms with E-state index in [0.717, 1.165) is 19.4 Å². The van der Waals surface area contributed by atoms with Crippen LogP contribution in [0.25, 0.3) is 0 Å². The number of nitrogens with one attached hydrogen (secondary N) is 2. The van der Waals surface area contributed by atoms with Gasteiger partial charge in [-0.2, -0.15) is 0 Å². The maximum atomic E-state index is 12.2. The quantitative estimate of drug-likeness (QED) is 0.800. The standard InChI is InChI=1S/C15H17ClN4O/c1-2-3-9-17-15-18-10-8-13(20-15)14(21)19-12-7-5-4-6-11(12)16/h4-8,10H,2-3,9H2,1H3,(H,19,21)(H,17,18,20). The van der Waals surface area contributed by atoms with Gasteiger partial charge in [0.05, 0.1) is 10.7 Å². The third-order valence-corrected chi connectivity index (χ3v) is 3.15. The Hall–Kier alpha value is -2.14. The fourth-order valence-corrected chi connectivity index (χ4v) is 1.88. The highest BCUT2D eigenvalue weighted by Gasteiger charge is 2.10. The number of unbranched alkanes of at least 4 members (excludes halogenated alkanes) is 1. The minimum Gasteiger partial charge on any atom is -0.354 e. The van der Waals surface area contributed by atoms with E-state index in [1.54, 1.807) is 36.5 Å². The highest BCUT2D eigenvalue weighted by atomic mass is 35.5. The average molecular weight is 305 g/mol. The van der Waals surface area contributed by atoms with Crippen molar-refractivity contribution in [1.29, 1.82) is 0 Å². The lowest BCUT2D eigenvalue weighted by Crippen LogP contribution is -2.15. The Morgan fingerprint density at radius 3 is 2.86 bits per heavy atom. The molecule has 0 saturated heterocycles. The van der Waals surface area contributed by atoms with Gasteiger partial charge in [-0.1, -0.05) is 37.1 Å². The molecule has 0 radical (unpaired) electrons. The molecule has 0 saturated carbocycles. The number of halogens is 1. The van der Waals surface area contributed by atoms with Gasteiger partial charge in [-0.05, 0) is 24.6 Å². The summed E-state index contributed by atoms with van der Waals surface area (Å²) in [7, 11) is 0. The molecule has 0 aliphatic heterocycles. The summed E-state index contributed by atoms with van der Waals surface area (Å²) in [6, 6.07) is 8.63. The van der Waals surface area contributed by atoms with Crippen LogP contribution in [0.3, 0.4) is 0 Å². The van der Waals surface area contributed by atoms with Gasteiger partial charge >= 0.3 is 0 Å². The second-order valence-electron chi connectivity index (χ2n) is 4.48. The molecule has 0 atom stereocenters. The Morgan fingerprint density at radius 2 is 2.10 bits per heavy atom. The maximum absolute atomic E-state index is 12.2. The van der Waals surface area contributed by atoms with Gasteiger partial charge in [-0.3, -0.25) is 4.79 Å². The molecule has 0 aliphatic carbocycles. The maximum Gasteiger partial charge on any atom is 0.274 e. The van der Waals surface area contributed by atoms with Gasteiger partial charge in [0.1, 0.15) is 5.69 Å². The molecular weight excluding hydrogens is 288 g/mol. The molecule has 1 amide bonds. The summed E-state index contributed by atoms with van der Waals surface area (Å²) in [6.45, 7) is 2.89. The molecule has 0 fully saturated rings. The zero-order chi connectivity index (χ0) is 15.1. The van der Waals surface area contributed by atoms with Crippen LogP contribution in [0, 0.1) is 0 Å². The molecule has 21 heavy (non-hydrogen) atoms. The average Bonchev–Trinajstić information content (AvgIpc) is 2.50. The molecule has 6 heteroatoms. The molecule has 5 nitrogen and oxygen atoms in total. The number of amides is 1. The van der Waals surface area contributed by atoms with Crippen molar-refractivity contribution in [2.45, 2.75) is 19.8 Å². The zero-order valence-electron chi connectivity index (χ0n) is 11.8. The number of benzene rings is 1. The number of rotatable bonds is 6. The largest absolute Gasteiger partial charge is 0.354 e. The number of anilines is 2. The molecular formula is C15H17ClN4O. The van der Waals surface area contributed by atoms with Crippen molar-refractivity contribution < 1.29 is 4.79 Å². The molecule has 0 aliphatic rings. The first kappa shape index (κ1) is 15.3. The third kappa shape index (κ3) is 4.43. The van der Waals surface area contributed by atoms with Gasteiger partial charge in [0.2, 0.25) is 5.95 Å². The Morgan fingerprint density at radius 1 is 1.29 bits per heavy atom. The molecule has 0 spiro atoms. The van der Waals surface area contributed by atoms with Crippen LogP contribution in [-0.4, -0.2) is 22.4 Å². The first-order valence-corrected chi connectivity index (χ1v) is 7.21. The minimum atomic E-state index is -0.316. The van der Waals surface area contributed by atoms with Crippen LogP contribution in [0.5, 0.6) is 0 Å². The number of carbonyl (C=O) groups excluding carboxylic acids is 1. The summed E-state index contributed by atoms with van der Waals surface area (Å²) >= 11 is 6.01. The van der Waals surface area contributed by atoms with Gasteiger partial charge in [-0.25, -0.2) is 9.97 Å². The molecule has 1 aromatic carbocycles. The number of carbonyl (C=O) groups is 1. The van der Waals surface area contributed by atoms with E-state index in [9.17, 15) is 4.79 Å². The van der Waals surface area contributed by atoms with Crippen molar-refractivity contribution in [2.24, 2.45) is 0 Å². The van der Waals surface area contributed by atoms with Crippen LogP contribution < -0.4 is 10.6 Å². The number of aromatic nitrogens is 2. The van der Waals surface area contributed by atoms with Crippen molar-refractivity contribution >= 4 is 29.1 Å². The molecule has 0 bridgehead atoms. The number of nitrogens with zero attached hydrogens (tertiary/aromatic N) is 2. The van der Waals surface area contributed by atoms with Crippen molar-refractivity contribution in [3.05, 3.63) is 47.2 Å². The predicted molar refractivity (Wildman–Crippen MR) is 84.8 cm³/mol. The van der Waals surface area contributed by atoms with E-state index in [1.807, 2.05) is 0 Å². The highest BCUT2D eigenvalue weighted by molar-refractivity contribution is 6.33. The molecule has 1 heterocycles. The molecule has 2 N–H and O–H groups in total. The number of hydrogen-bond acceptors (Lipinski definition) is 4. The summed E-state index contributed by atoms with van der Waals surface area (Å²) in [6.07, 6.45) is 3.67. The first-order chi connectivity index (χ1) is 10.2. The van der Waals surface area contributed by atoms with Gasteiger partial charge in [-0.15, -0.1) is 0 Å².